The minimum atomic E-state index is -0.551. The van der Waals surface area contributed by atoms with Crippen molar-refractivity contribution in [2.24, 2.45) is 11.8 Å². The zero-order valence-electron chi connectivity index (χ0n) is 55.3. The second-order valence-electron chi connectivity index (χ2n) is 24.6. The summed E-state index contributed by atoms with van der Waals surface area (Å²) in [4.78, 5) is 86.9. The van der Waals surface area contributed by atoms with Crippen LogP contribution in [0, 0.1) is 11.8 Å². The van der Waals surface area contributed by atoms with Gasteiger partial charge >= 0.3 is 41.8 Å². The molecule has 0 spiro atoms. The van der Waals surface area contributed by atoms with Gasteiger partial charge in [0.05, 0.1) is 95.2 Å². The molecule has 2 aliphatic rings. The normalized spacial score (nSPS) is 16.0. The van der Waals surface area contributed by atoms with Crippen molar-refractivity contribution < 1.29 is 80.9 Å². The average molecular weight is 1300 g/mol. The lowest BCUT2D eigenvalue weighted by Gasteiger charge is -2.28. The summed E-state index contributed by atoms with van der Waals surface area (Å²) in [6.07, 6.45) is 22.0. The van der Waals surface area contributed by atoms with Crippen molar-refractivity contribution in [3.63, 3.8) is 0 Å². The highest BCUT2D eigenvalue weighted by Gasteiger charge is 2.24. The summed E-state index contributed by atoms with van der Waals surface area (Å²) in [7, 11) is 0. The van der Waals surface area contributed by atoms with Crippen LogP contribution in [0.4, 0.5) is 0 Å². The van der Waals surface area contributed by atoms with Gasteiger partial charge in [-0.25, -0.2) is 14.4 Å². The first-order chi connectivity index (χ1) is 45.9. The van der Waals surface area contributed by atoms with E-state index in [-0.39, 0.29) is 71.7 Å². The second kappa shape index (κ2) is 42.2. The third-order valence-corrected chi connectivity index (χ3v) is 17.3. The fraction of sp³-hybridized carbons (Fsp3) is 0.519. The van der Waals surface area contributed by atoms with Crippen LogP contribution >= 0.6 is 0 Å². The van der Waals surface area contributed by atoms with Gasteiger partial charge in [-0.3, -0.25) is 19.2 Å². The van der Waals surface area contributed by atoms with E-state index >= 15 is 0 Å². The van der Waals surface area contributed by atoms with Crippen molar-refractivity contribution in [1.29, 1.82) is 0 Å². The monoisotopic (exact) mass is 1290 g/mol. The Morgan fingerprint density at radius 2 is 0.574 bits per heavy atom. The molecule has 2 saturated carbocycles. The van der Waals surface area contributed by atoms with Gasteiger partial charge in [0.2, 0.25) is 0 Å². The SMILES string of the molecule is CCC[C@H]1CC[C@H](c2ccc(OC(=O)c3ccc(OCCCCCCOC(=O)CCC(=O)OCCCOC(=O)c4ccc(OCCCOC(=O)CCC(=O)OCCCCCCOc5ccc(C(=O)Oc6ccc([C@H]7CC[C@H](CCC)CC7)cc6)cc5)cc4)cc3)cc2)CC1. The minimum absolute atomic E-state index is 0.0211. The number of unbranched alkanes of at least 4 members (excludes halogenated alkanes) is 6. The number of esters is 7. The summed E-state index contributed by atoms with van der Waals surface area (Å²) in [6.45, 7) is 6.46. The van der Waals surface area contributed by atoms with Crippen LogP contribution in [0.25, 0.3) is 0 Å². The first-order valence-corrected chi connectivity index (χ1v) is 34.5. The van der Waals surface area contributed by atoms with E-state index < -0.39 is 41.8 Å². The Morgan fingerprint density at radius 1 is 0.298 bits per heavy atom. The second-order valence-corrected chi connectivity index (χ2v) is 24.6. The van der Waals surface area contributed by atoms with Crippen molar-refractivity contribution in [1.82, 2.24) is 0 Å². The molecule has 0 saturated heterocycles. The molecule has 17 nitrogen and oxygen atoms in total. The molecule has 508 valence electrons. The molecule has 0 radical (unpaired) electrons. The van der Waals surface area contributed by atoms with Gasteiger partial charge in [-0.1, -0.05) is 63.8 Å². The van der Waals surface area contributed by atoms with E-state index in [1.54, 1.807) is 72.8 Å². The predicted molar refractivity (Wildman–Crippen MR) is 357 cm³/mol. The van der Waals surface area contributed by atoms with Gasteiger partial charge in [-0.15, -0.1) is 0 Å². The lowest BCUT2D eigenvalue weighted by Crippen LogP contribution is -2.13. The van der Waals surface area contributed by atoms with E-state index in [2.05, 4.69) is 38.1 Å². The third-order valence-electron chi connectivity index (χ3n) is 17.3. The number of hydrogen-bond acceptors (Lipinski definition) is 17. The molecule has 0 aromatic heterocycles. The molecule has 5 aromatic rings. The topological polar surface area (TPSA) is 212 Å². The number of carbonyl (C=O) groups is 7. The Hall–Kier alpha value is -8.21. The van der Waals surface area contributed by atoms with Gasteiger partial charge in [0, 0.05) is 12.8 Å². The standard InChI is InChI=1S/C77H98O17/c1-3-15-57-17-21-59(22-18-57)61-25-41-69(42-26-61)93-76(83)64-31-37-66(38-32-64)85-49-9-5-7-11-51-88-71(78)45-47-73(80)90-54-13-53-87-68-35-29-63(30-36-68)75(82)92-56-14-55-91-74(81)48-46-72(79)89-52-12-8-6-10-50-86-67-39-33-65(34-40-67)77(84)94-70-43-27-62(28-44-70)60-23-19-58(16-4-2)20-24-60/h25-44,57-60H,3-24,45-56H2,1-2H3/t57-,58-,59-,60-. The Balaban J connectivity index is 0.598. The van der Waals surface area contributed by atoms with E-state index in [0.29, 0.717) is 89.7 Å². The molecule has 7 rings (SSSR count). The average Bonchev–Trinajstić information content (AvgIpc) is 1.32. The molecular weight excluding hydrogens is 1200 g/mol. The number of ether oxygens (including phenoxy) is 10. The van der Waals surface area contributed by atoms with Crippen LogP contribution in [0.3, 0.4) is 0 Å². The maximum absolute atomic E-state index is 12.8. The molecule has 2 aliphatic carbocycles. The molecule has 0 atom stereocenters. The van der Waals surface area contributed by atoms with E-state index in [0.717, 1.165) is 50.4 Å². The molecule has 2 fully saturated rings. The van der Waals surface area contributed by atoms with Crippen LogP contribution in [0.5, 0.6) is 28.7 Å². The Kier molecular flexibility index (Phi) is 32.9. The summed E-state index contributed by atoms with van der Waals surface area (Å²) in [5, 5.41) is 0. The van der Waals surface area contributed by atoms with Crippen molar-refractivity contribution in [3.8, 4) is 28.7 Å². The van der Waals surface area contributed by atoms with Crippen molar-refractivity contribution >= 4 is 41.8 Å². The summed E-state index contributed by atoms with van der Waals surface area (Å²) in [5.74, 6) is 2.43. The van der Waals surface area contributed by atoms with E-state index in [9.17, 15) is 33.6 Å². The molecule has 0 heterocycles. The van der Waals surface area contributed by atoms with E-state index in [4.69, 9.17) is 47.4 Å². The lowest BCUT2D eigenvalue weighted by molar-refractivity contribution is -0.150. The maximum atomic E-state index is 12.8. The number of rotatable bonds is 42. The first-order valence-electron chi connectivity index (χ1n) is 34.5. The summed E-state index contributed by atoms with van der Waals surface area (Å²) in [6, 6.07) is 36.1. The largest absolute Gasteiger partial charge is 0.494 e. The smallest absolute Gasteiger partial charge is 0.343 e. The van der Waals surface area contributed by atoms with Gasteiger partial charge in [-0.2, -0.15) is 0 Å². The molecule has 0 amide bonds. The van der Waals surface area contributed by atoms with Gasteiger partial charge in [-0.05, 0) is 235 Å². The molecule has 94 heavy (non-hydrogen) atoms. The zero-order valence-corrected chi connectivity index (χ0v) is 55.3. The fourth-order valence-corrected chi connectivity index (χ4v) is 11.9. The summed E-state index contributed by atoms with van der Waals surface area (Å²) >= 11 is 0. The minimum Gasteiger partial charge on any atom is -0.494 e. The van der Waals surface area contributed by atoms with Crippen LogP contribution in [0.2, 0.25) is 0 Å². The quantitative estimate of drug-likeness (QED) is 0.0154. The van der Waals surface area contributed by atoms with Crippen molar-refractivity contribution in [2.45, 2.75) is 193 Å². The molecule has 0 unspecified atom stereocenters. The predicted octanol–water partition coefficient (Wildman–Crippen LogP) is 16.6. The van der Waals surface area contributed by atoms with Crippen LogP contribution < -0.4 is 23.7 Å². The van der Waals surface area contributed by atoms with Crippen LogP contribution in [-0.4, -0.2) is 94.6 Å². The Bertz CT molecular complexity index is 3030. The fourth-order valence-electron chi connectivity index (χ4n) is 11.9. The van der Waals surface area contributed by atoms with Crippen molar-refractivity contribution in [3.05, 3.63) is 149 Å². The van der Waals surface area contributed by atoms with Gasteiger partial charge in [0.1, 0.15) is 28.7 Å². The number of benzene rings is 5. The third kappa shape index (κ3) is 27.8. The van der Waals surface area contributed by atoms with Crippen LogP contribution in [0.1, 0.15) is 235 Å². The highest BCUT2D eigenvalue weighted by atomic mass is 16.6. The summed E-state index contributed by atoms with van der Waals surface area (Å²) < 4.78 is 55.0. The summed E-state index contributed by atoms with van der Waals surface area (Å²) in [5.41, 5.74) is 3.84. The molecule has 5 aromatic carbocycles. The highest BCUT2D eigenvalue weighted by molar-refractivity contribution is 5.92. The molecule has 0 aliphatic heterocycles. The Morgan fingerprint density at radius 3 is 0.915 bits per heavy atom. The highest BCUT2D eigenvalue weighted by Crippen LogP contribution is 2.39. The Labute approximate surface area is 555 Å². The lowest BCUT2D eigenvalue weighted by atomic mass is 9.77. The number of carbonyl (C=O) groups excluding carboxylic acids is 7. The molecule has 0 bridgehead atoms. The van der Waals surface area contributed by atoms with Crippen LogP contribution in [0.15, 0.2) is 121 Å². The van der Waals surface area contributed by atoms with E-state index in [1.165, 1.54) is 88.2 Å². The molecule has 17 heteroatoms. The van der Waals surface area contributed by atoms with Gasteiger partial charge < -0.3 is 47.4 Å². The zero-order chi connectivity index (χ0) is 66.4. The first kappa shape index (κ1) is 73.2. The van der Waals surface area contributed by atoms with Gasteiger partial charge in [0.25, 0.3) is 0 Å². The van der Waals surface area contributed by atoms with Crippen LogP contribution in [-0.2, 0) is 42.9 Å². The number of hydrogen-bond donors (Lipinski definition) is 0. The maximum Gasteiger partial charge on any atom is 0.343 e. The van der Waals surface area contributed by atoms with Crippen molar-refractivity contribution in [2.75, 3.05) is 52.9 Å². The molecule has 0 N–H and O–H groups in total. The molecular formula is C77H98O17. The van der Waals surface area contributed by atoms with Gasteiger partial charge in [0.15, 0.2) is 0 Å². The van der Waals surface area contributed by atoms with E-state index in [1.807, 2.05) is 24.3 Å².